The number of benzene rings is 1. The second-order valence-electron chi connectivity index (χ2n) is 4.42. The Morgan fingerprint density at radius 3 is 2.56 bits per heavy atom. The zero-order valence-corrected chi connectivity index (χ0v) is 10.6. The average Bonchev–Trinajstić information content (AvgIpc) is 2.25. The van der Waals surface area contributed by atoms with Gasteiger partial charge in [0, 0.05) is 23.1 Å². The molecule has 1 aliphatic rings. The Labute approximate surface area is 106 Å². The molecule has 1 aromatic rings. The summed E-state index contributed by atoms with van der Waals surface area (Å²) in [6.07, 6.45) is 3.33. The predicted octanol–water partition coefficient (Wildman–Crippen LogP) is 3.12. The number of piperidine rings is 1. The molecule has 0 amide bonds. The highest BCUT2D eigenvalue weighted by Crippen LogP contribution is 2.26. The molecule has 88 valence electrons. The Bertz CT molecular complexity index is 360. The number of nitrogens with zero attached hydrogens (tertiary/aromatic N) is 1. The molecule has 0 radical (unpaired) electrons. The topological polar surface area (TPSA) is 29.3 Å². The van der Waals surface area contributed by atoms with Crippen molar-refractivity contribution < 1.29 is 0 Å². The van der Waals surface area contributed by atoms with E-state index >= 15 is 0 Å². The zero-order chi connectivity index (χ0) is 11.5. The summed E-state index contributed by atoms with van der Waals surface area (Å²) in [6.45, 7) is 1.96. The van der Waals surface area contributed by atoms with Gasteiger partial charge in [0.2, 0.25) is 0 Å². The van der Waals surface area contributed by atoms with Gasteiger partial charge in [-0.25, -0.2) is 5.01 Å². The van der Waals surface area contributed by atoms with Crippen molar-refractivity contribution in [2.75, 3.05) is 13.1 Å². The highest BCUT2D eigenvalue weighted by molar-refractivity contribution is 6.35. The Morgan fingerprint density at radius 2 is 1.94 bits per heavy atom. The fraction of sp³-hybridized carbons (Fsp3) is 0.500. The van der Waals surface area contributed by atoms with Crippen LogP contribution in [0.2, 0.25) is 10.0 Å². The van der Waals surface area contributed by atoms with Crippen LogP contribution in [-0.2, 0) is 6.42 Å². The van der Waals surface area contributed by atoms with Gasteiger partial charge in [0.15, 0.2) is 0 Å². The minimum atomic E-state index is 0.693. The van der Waals surface area contributed by atoms with Crippen LogP contribution < -0.4 is 5.84 Å². The van der Waals surface area contributed by atoms with E-state index in [0.717, 1.165) is 37.4 Å². The summed E-state index contributed by atoms with van der Waals surface area (Å²) >= 11 is 12.0. The first-order valence-electron chi connectivity index (χ1n) is 5.58. The summed E-state index contributed by atoms with van der Waals surface area (Å²) in [5, 5.41) is 3.37. The lowest BCUT2D eigenvalue weighted by molar-refractivity contribution is 0.187. The maximum Gasteiger partial charge on any atom is 0.0452 e. The summed E-state index contributed by atoms with van der Waals surface area (Å²) in [5.74, 6) is 6.42. The molecule has 0 atom stereocenters. The minimum Gasteiger partial charge on any atom is -0.269 e. The number of hydrogen-bond donors (Lipinski definition) is 1. The third-order valence-electron chi connectivity index (χ3n) is 3.17. The van der Waals surface area contributed by atoms with E-state index in [0.29, 0.717) is 10.9 Å². The molecule has 1 saturated heterocycles. The standard InChI is InChI=1S/C12H16Cl2N2/c13-11-2-1-10(12(14)8-11)7-9-3-5-16(15)6-4-9/h1-2,8-9H,3-7,15H2. The van der Waals surface area contributed by atoms with E-state index in [-0.39, 0.29) is 0 Å². The van der Waals surface area contributed by atoms with E-state index in [9.17, 15) is 0 Å². The van der Waals surface area contributed by atoms with Crippen LogP contribution in [0.1, 0.15) is 18.4 Å². The van der Waals surface area contributed by atoms with Crippen molar-refractivity contribution in [3.63, 3.8) is 0 Å². The van der Waals surface area contributed by atoms with Crippen LogP contribution in [0.3, 0.4) is 0 Å². The summed E-state index contributed by atoms with van der Waals surface area (Å²) < 4.78 is 0. The maximum absolute atomic E-state index is 6.16. The van der Waals surface area contributed by atoms with E-state index in [1.54, 1.807) is 0 Å². The van der Waals surface area contributed by atoms with E-state index in [1.807, 2.05) is 23.2 Å². The first kappa shape index (κ1) is 12.2. The first-order valence-corrected chi connectivity index (χ1v) is 6.34. The molecule has 0 aromatic heterocycles. The number of hydrogen-bond acceptors (Lipinski definition) is 2. The van der Waals surface area contributed by atoms with Gasteiger partial charge in [-0.1, -0.05) is 29.3 Å². The Balaban J connectivity index is 1.98. The summed E-state index contributed by atoms with van der Waals surface area (Å²) in [4.78, 5) is 0. The van der Waals surface area contributed by atoms with Crippen molar-refractivity contribution >= 4 is 23.2 Å². The quantitative estimate of drug-likeness (QED) is 0.827. The second-order valence-corrected chi connectivity index (χ2v) is 5.26. The van der Waals surface area contributed by atoms with Crippen molar-refractivity contribution in [1.29, 1.82) is 0 Å². The highest BCUT2D eigenvalue weighted by Gasteiger charge is 2.18. The van der Waals surface area contributed by atoms with E-state index in [2.05, 4.69) is 0 Å². The van der Waals surface area contributed by atoms with Gasteiger partial charge in [-0.2, -0.15) is 0 Å². The third kappa shape index (κ3) is 3.11. The van der Waals surface area contributed by atoms with Crippen LogP contribution in [0, 0.1) is 5.92 Å². The van der Waals surface area contributed by atoms with E-state index in [4.69, 9.17) is 29.0 Å². The molecule has 2 rings (SSSR count). The number of halogens is 2. The lowest BCUT2D eigenvalue weighted by Gasteiger charge is -2.28. The smallest absolute Gasteiger partial charge is 0.0452 e. The normalized spacial score (nSPS) is 18.9. The Kier molecular flexibility index (Phi) is 4.09. The van der Waals surface area contributed by atoms with Crippen LogP contribution in [-0.4, -0.2) is 18.1 Å². The van der Waals surface area contributed by atoms with E-state index < -0.39 is 0 Å². The molecule has 0 aliphatic carbocycles. The maximum atomic E-state index is 6.16. The molecule has 1 aromatic carbocycles. The van der Waals surface area contributed by atoms with Crippen molar-refractivity contribution in [3.05, 3.63) is 33.8 Å². The first-order chi connectivity index (χ1) is 7.65. The number of rotatable bonds is 2. The van der Waals surface area contributed by atoms with Gasteiger partial charge in [0.05, 0.1) is 0 Å². The van der Waals surface area contributed by atoms with Gasteiger partial charge in [0.1, 0.15) is 0 Å². The van der Waals surface area contributed by atoms with Crippen LogP contribution in [0.15, 0.2) is 18.2 Å². The van der Waals surface area contributed by atoms with Crippen LogP contribution in [0.4, 0.5) is 0 Å². The fourth-order valence-corrected chi connectivity index (χ4v) is 2.64. The van der Waals surface area contributed by atoms with Crippen LogP contribution in [0.25, 0.3) is 0 Å². The molecule has 0 bridgehead atoms. The Hall–Kier alpha value is -0.280. The largest absolute Gasteiger partial charge is 0.269 e. The molecular weight excluding hydrogens is 243 g/mol. The molecule has 2 N–H and O–H groups in total. The molecule has 4 heteroatoms. The summed E-state index contributed by atoms with van der Waals surface area (Å²) in [6, 6.07) is 5.75. The molecular formula is C12H16Cl2N2. The summed E-state index contributed by atoms with van der Waals surface area (Å²) in [5.41, 5.74) is 1.20. The average molecular weight is 259 g/mol. The monoisotopic (exact) mass is 258 g/mol. The number of nitrogens with two attached hydrogens (primary N) is 1. The van der Waals surface area contributed by atoms with Gasteiger partial charge in [0.25, 0.3) is 0 Å². The minimum absolute atomic E-state index is 0.693. The van der Waals surface area contributed by atoms with Gasteiger partial charge in [-0.15, -0.1) is 0 Å². The second kappa shape index (κ2) is 5.37. The third-order valence-corrected chi connectivity index (χ3v) is 3.76. The molecule has 0 unspecified atom stereocenters. The fourth-order valence-electron chi connectivity index (χ4n) is 2.16. The molecule has 1 heterocycles. The van der Waals surface area contributed by atoms with Crippen LogP contribution in [0.5, 0.6) is 0 Å². The molecule has 2 nitrogen and oxygen atoms in total. The van der Waals surface area contributed by atoms with Gasteiger partial charge in [-0.05, 0) is 42.9 Å². The van der Waals surface area contributed by atoms with Gasteiger partial charge < -0.3 is 0 Å². The van der Waals surface area contributed by atoms with E-state index in [1.165, 1.54) is 5.56 Å². The van der Waals surface area contributed by atoms with Crippen LogP contribution >= 0.6 is 23.2 Å². The molecule has 1 aliphatic heterocycles. The molecule has 0 saturated carbocycles. The van der Waals surface area contributed by atoms with Gasteiger partial charge in [-0.3, -0.25) is 5.84 Å². The molecule has 0 spiro atoms. The molecule has 1 fully saturated rings. The predicted molar refractivity (Wildman–Crippen MR) is 68.7 cm³/mol. The highest BCUT2D eigenvalue weighted by atomic mass is 35.5. The zero-order valence-electron chi connectivity index (χ0n) is 9.13. The van der Waals surface area contributed by atoms with Gasteiger partial charge >= 0.3 is 0 Å². The summed E-state index contributed by atoms with van der Waals surface area (Å²) in [7, 11) is 0. The lowest BCUT2D eigenvalue weighted by atomic mass is 9.91. The molecule has 16 heavy (non-hydrogen) atoms. The Morgan fingerprint density at radius 1 is 1.25 bits per heavy atom. The lowest BCUT2D eigenvalue weighted by Crippen LogP contribution is -2.39. The van der Waals surface area contributed by atoms with Crippen molar-refractivity contribution in [2.24, 2.45) is 11.8 Å². The number of hydrazine groups is 1. The van der Waals surface area contributed by atoms with Crippen molar-refractivity contribution in [1.82, 2.24) is 5.01 Å². The van der Waals surface area contributed by atoms with Crippen molar-refractivity contribution in [2.45, 2.75) is 19.3 Å². The SMILES string of the molecule is NN1CCC(Cc2ccc(Cl)cc2Cl)CC1. The van der Waals surface area contributed by atoms with Crippen molar-refractivity contribution in [3.8, 4) is 0 Å².